The van der Waals surface area contributed by atoms with Crippen molar-refractivity contribution in [1.29, 1.82) is 0 Å². The molecule has 0 aromatic heterocycles. The molecule has 0 bridgehead atoms. The first-order chi connectivity index (χ1) is 6.50. The maximum absolute atomic E-state index is 13.1. The van der Waals surface area contributed by atoms with E-state index in [1.807, 2.05) is 0 Å². The predicted molar refractivity (Wildman–Crippen MR) is 49.2 cm³/mol. The van der Waals surface area contributed by atoms with Crippen LogP contribution in [0.1, 0.15) is 17.3 Å². The van der Waals surface area contributed by atoms with Gasteiger partial charge in [0.2, 0.25) is 5.91 Å². The normalized spacial score (nSPS) is 9.57. The molecule has 1 aromatic carbocycles. The summed E-state index contributed by atoms with van der Waals surface area (Å²) >= 11 is 0. The molecule has 3 N–H and O–H groups in total. The number of rotatable bonds is 2. The number of hydrogen-bond acceptors (Lipinski definition) is 2. The van der Waals surface area contributed by atoms with Gasteiger partial charge in [0.05, 0.1) is 5.56 Å². The van der Waals surface area contributed by atoms with Crippen molar-refractivity contribution in [1.82, 2.24) is 0 Å². The minimum absolute atomic E-state index is 0.195. The van der Waals surface area contributed by atoms with Gasteiger partial charge in [-0.15, -0.1) is 0 Å². The number of primary amides is 1. The van der Waals surface area contributed by atoms with Crippen LogP contribution in [0.5, 0.6) is 0 Å². The number of carbonyl (C=O) groups excluding carboxylic acids is 2. The van der Waals surface area contributed by atoms with Gasteiger partial charge in [0.25, 0.3) is 5.91 Å². The Balaban J connectivity index is 3.00. The lowest BCUT2D eigenvalue weighted by Crippen LogP contribution is -2.14. The van der Waals surface area contributed by atoms with E-state index in [2.05, 4.69) is 5.32 Å². The highest BCUT2D eigenvalue weighted by atomic mass is 19.1. The molecule has 0 aliphatic rings. The van der Waals surface area contributed by atoms with Crippen LogP contribution in [0.3, 0.4) is 0 Å². The summed E-state index contributed by atoms with van der Waals surface area (Å²) in [4.78, 5) is 21.3. The molecule has 0 aliphatic heterocycles. The lowest BCUT2D eigenvalue weighted by Gasteiger charge is -2.03. The molecule has 74 valence electrons. The summed E-state index contributed by atoms with van der Waals surface area (Å²) in [5, 5.41) is 2.38. The summed E-state index contributed by atoms with van der Waals surface area (Å²) in [6.07, 6.45) is 0. The second-order valence-electron chi connectivity index (χ2n) is 2.74. The van der Waals surface area contributed by atoms with E-state index in [1.54, 1.807) is 0 Å². The van der Waals surface area contributed by atoms with Crippen LogP contribution >= 0.6 is 0 Å². The molecular formula is C9H9FN2O2. The lowest BCUT2D eigenvalue weighted by molar-refractivity contribution is -0.114. The van der Waals surface area contributed by atoms with Gasteiger partial charge in [-0.25, -0.2) is 4.39 Å². The van der Waals surface area contributed by atoms with Crippen LogP contribution < -0.4 is 11.1 Å². The van der Waals surface area contributed by atoms with Crippen LogP contribution in [0.25, 0.3) is 0 Å². The zero-order chi connectivity index (χ0) is 10.7. The SMILES string of the molecule is CC(=O)Nc1ccc(C(N)=O)c(F)c1. The van der Waals surface area contributed by atoms with Crippen molar-refractivity contribution in [2.24, 2.45) is 5.73 Å². The summed E-state index contributed by atoms with van der Waals surface area (Å²) < 4.78 is 13.1. The fourth-order valence-corrected chi connectivity index (χ4v) is 0.996. The van der Waals surface area contributed by atoms with Crippen molar-refractivity contribution in [3.05, 3.63) is 29.6 Å². The van der Waals surface area contributed by atoms with E-state index >= 15 is 0 Å². The molecule has 1 aromatic rings. The van der Waals surface area contributed by atoms with Gasteiger partial charge in [0.15, 0.2) is 0 Å². The van der Waals surface area contributed by atoms with E-state index in [-0.39, 0.29) is 11.5 Å². The number of halogens is 1. The van der Waals surface area contributed by atoms with E-state index in [0.29, 0.717) is 5.69 Å². The Hall–Kier alpha value is -1.91. The Morgan fingerprint density at radius 2 is 2.07 bits per heavy atom. The van der Waals surface area contributed by atoms with Crippen LogP contribution in [0.4, 0.5) is 10.1 Å². The molecule has 0 unspecified atom stereocenters. The first-order valence-electron chi connectivity index (χ1n) is 3.87. The number of amides is 2. The van der Waals surface area contributed by atoms with Crippen LogP contribution in [-0.4, -0.2) is 11.8 Å². The van der Waals surface area contributed by atoms with Crippen LogP contribution in [0, 0.1) is 5.82 Å². The highest BCUT2D eigenvalue weighted by Crippen LogP contribution is 2.13. The second kappa shape index (κ2) is 3.87. The molecule has 0 spiro atoms. The first kappa shape index (κ1) is 10.2. The van der Waals surface area contributed by atoms with Crippen molar-refractivity contribution in [3.63, 3.8) is 0 Å². The second-order valence-corrected chi connectivity index (χ2v) is 2.74. The van der Waals surface area contributed by atoms with Gasteiger partial charge in [-0.05, 0) is 18.2 Å². The van der Waals surface area contributed by atoms with E-state index in [4.69, 9.17) is 5.73 Å². The van der Waals surface area contributed by atoms with Crippen LogP contribution in [-0.2, 0) is 4.79 Å². The number of carbonyl (C=O) groups is 2. The minimum Gasteiger partial charge on any atom is -0.366 e. The smallest absolute Gasteiger partial charge is 0.251 e. The average Bonchev–Trinajstić information content (AvgIpc) is 2.01. The molecule has 0 saturated carbocycles. The zero-order valence-electron chi connectivity index (χ0n) is 7.50. The van der Waals surface area contributed by atoms with Gasteiger partial charge in [-0.3, -0.25) is 9.59 Å². The Morgan fingerprint density at radius 3 is 2.50 bits per heavy atom. The number of benzene rings is 1. The molecule has 0 saturated heterocycles. The fourth-order valence-electron chi connectivity index (χ4n) is 0.996. The molecule has 0 fully saturated rings. The molecule has 14 heavy (non-hydrogen) atoms. The Labute approximate surface area is 79.9 Å². The Morgan fingerprint density at radius 1 is 1.43 bits per heavy atom. The van der Waals surface area contributed by atoms with Gasteiger partial charge in [-0.1, -0.05) is 0 Å². The molecular weight excluding hydrogens is 187 g/mol. The van der Waals surface area contributed by atoms with Gasteiger partial charge in [0.1, 0.15) is 5.82 Å². The van der Waals surface area contributed by atoms with E-state index in [9.17, 15) is 14.0 Å². The van der Waals surface area contributed by atoms with Gasteiger partial charge >= 0.3 is 0 Å². The van der Waals surface area contributed by atoms with E-state index < -0.39 is 11.7 Å². The molecule has 4 nitrogen and oxygen atoms in total. The molecule has 0 heterocycles. The van der Waals surface area contributed by atoms with Crippen molar-refractivity contribution in [2.45, 2.75) is 6.92 Å². The lowest BCUT2D eigenvalue weighted by atomic mass is 10.2. The quantitative estimate of drug-likeness (QED) is 0.737. The summed E-state index contributed by atoms with van der Waals surface area (Å²) in [5.41, 5.74) is 5.00. The third kappa shape index (κ3) is 2.29. The highest BCUT2D eigenvalue weighted by Gasteiger charge is 2.08. The van der Waals surface area contributed by atoms with Gasteiger partial charge in [0, 0.05) is 12.6 Å². The van der Waals surface area contributed by atoms with Gasteiger partial charge < -0.3 is 11.1 Å². The maximum Gasteiger partial charge on any atom is 0.251 e. The van der Waals surface area contributed by atoms with Crippen LogP contribution in [0.15, 0.2) is 18.2 Å². The summed E-state index contributed by atoms with van der Waals surface area (Å²) in [7, 11) is 0. The molecule has 2 amide bonds. The van der Waals surface area contributed by atoms with Crippen molar-refractivity contribution in [2.75, 3.05) is 5.32 Å². The van der Waals surface area contributed by atoms with Crippen LogP contribution in [0.2, 0.25) is 0 Å². The third-order valence-corrected chi connectivity index (χ3v) is 1.55. The number of nitrogens with one attached hydrogen (secondary N) is 1. The molecule has 5 heteroatoms. The standard InChI is InChI=1S/C9H9FN2O2/c1-5(13)12-6-2-3-7(9(11)14)8(10)4-6/h2-4H,1H3,(H2,11,14)(H,12,13). The average molecular weight is 196 g/mol. The van der Waals surface area contributed by atoms with Gasteiger partial charge in [-0.2, -0.15) is 0 Å². The predicted octanol–water partition coefficient (Wildman–Crippen LogP) is 0.883. The van der Waals surface area contributed by atoms with Crippen molar-refractivity contribution >= 4 is 17.5 Å². The number of hydrogen-bond donors (Lipinski definition) is 2. The largest absolute Gasteiger partial charge is 0.366 e. The number of nitrogens with two attached hydrogens (primary N) is 1. The Kier molecular flexibility index (Phi) is 2.81. The fraction of sp³-hybridized carbons (Fsp3) is 0.111. The summed E-state index contributed by atoms with van der Waals surface area (Å²) in [6.45, 7) is 1.31. The molecule has 0 atom stereocenters. The van der Waals surface area contributed by atoms with E-state index in [0.717, 1.165) is 6.07 Å². The Bertz CT molecular complexity index is 390. The summed E-state index contributed by atoms with van der Waals surface area (Å²) in [5.74, 6) is -1.89. The highest BCUT2D eigenvalue weighted by molar-refractivity contribution is 5.94. The molecule has 0 radical (unpaired) electrons. The molecule has 0 aliphatic carbocycles. The summed E-state index contributed by atoms with van der Waals surface area (Å²) in [6, 6.07) is 3.68. The van der Waals surface area contributed by atoms with Crippen molar-refractivity contribution in [3.8, 4) is 0 Å². The minimum atomic E-state index is -0.836. The van der Waals surface area contributed by atoms with E-state index in [1.165, 1.54) is 19.1 Å². The zero-order valence-corrected chi connectivity index (χ0v) is 7.50. The monoisotopic (exact) mass is 196 g/mol. The number of anilines is 1. The maximum atomic E-state index is 13.1. The first-order valence-corrected chi connectivity index (χ1v) is 3.87. The van der Waals surface area contributed by atoms with Crippen molar-refractivity contribution < 1.29 is 14.0 Å². The molecule has 1 rings (SSSR count). The third-order valence-electron chi connectivity index (χ3n) is 1.55. The topological polar surface area (TPSA) is 72.2 Å².